The maximum Gasteiger partial charge on any atom is 0.251 e. The second-order valence-corrected chi connectivity index (χ2v) is 7.02. The predicted octanol–water partition coefficient (Wildman–Crippen LogP) is 2.80. The van der Waals surface area contributed by atoms with Gasteiger partial charge in [-0.2, -0.15) is 11.8 Å². The van der Waals surface area contributed by atoms with E-state index in [0.717, 1.165) is 31.6 Å². The number of carbonyl (C=O) groups excluding carboxylic acids is 2. The average Bonchev–Trinajstić information content (AvgIpc) is 2.60. The summed E-state index contributed by atoms with van der Waals surface area (Å²) >= 11 is 1.70. The van der Waals surface area contributed by atoms with E-state index in [4.69, 9.17) is 0 Å². The van der Waals surface area contributed by atoms with E-state index in [1.165, 1.54) is 0 Å². The molecule has 4 nitrogen and oxygen atoms in total. The van der Waals surface area contributed by atoms with E-state index < -0.39 is 0 Å². The van der Waals surface area contributed by atoms with Crippen molar-refractivity contribution in [2.45, 2.75) is 32.2 Å². The van der Waals surface area contributed by atoms with Gasteiger partial charge in [0.15, 0.2) is 0 Å². The average molecular weight is 334 g/mol. The Labute approximate surface area is 143 Å². The van der Waals surface area contributed by atoms with Gasteiger partial charge in [0, 0.05) is 36.4 Å². The summed E-state index contributed by atoms with van der Waals surface area (Å²) in [6.07, 6.45) is 5.16. The normalized spacial score (nSPS) is 19.2. The Bertz CT molecular complexity index is 521. The Morgan fingerprint density at radius 2 is 2.04 bits per heavy atom. The molecule has 1 aliphatic heterocycles. The highest BCUT2D eigenvalue weighted by Crippen LogP contribution is 2.20. The summed E-state index contributed by atoms with van der Waals surface area (Å²) in [5.41, 5.74) is 0.664. The van der Waals surface area contributed by atoms with Crippen LogP contribution in [0.3, 0.4) is 0 Å². The molecule has 1 aliphatic rings. The Balaban J connectivity index is 1.93. The first-order valence-electron chi connectivity index (χ1n) is 8.26. The molecule has 0 aromatic heterocycles. The number of nitrogens with one attached hydrogen (secondary N) is 1. The fourth-order valence-corrected chi connectivity index (χ4v) is 3.65. The molecule has 126 valence electrons. The number of piperidine rings is 1. The second kappa shape index (κ2) is 8.96. The molecule has 2 amide bonds. The summed E-state index contributed by atoms with van der Waals surface area (Å²) in [7, 11) is 0. The van der Waals surface area contributed by atoms with Gasteiger partial charge in [0.05, 0.1) is 0 Å². The number of hydrogen-bond acceptors (Lipinski definition) is 3. The number of likely N-dealkylation sites (tertiary alicyclic amines) is 1. The molecule has 2 atom stereocenters. The Morgan fingerprint density at radius 3 is 2.74 bits per heavy atom. The highest BCUT2D eigenvalue weighted by Gasteiger charge is 2.29. The zero-order valence-corrected chi connectivity index (χ0v) is 14.8. The van der Waals surface area contributed by atoms with Gasteiger partial charge in [-0.15, -0.1) is 0 Å². The number of benzene rings is 1. The van der Waals surface area contributed by atoms with Crippen molar-refractivity contribution in [3.8, 4) is 0 Å². The van der Waals surface area contributed by atoms with Gasteiger partial charge in [0.1, 0.15) is 0 Å². The minimum atomic E-state index is -0.0688. The maximum atomic E-state index is 12.6. The molecule has 0 bridgehead atoms. The van der Waals surface area contributed by atoms with Gasteiger partial charge >= 0.3 is 0 Å². The van der Waals surface area contributed by atoms with Crippen LogP contribution < -0.4 is 5.32 Å². The quantitative estimate of drug-likeness (QED) is 0.870. The van der Waals surface area contributed by atoms with E-state index in [1.54, 1.807) is 23.9 Å². The predicted molar refractivity (Wildman–Crippen MR) is 95.7 cm³/mol. The summed E-state index contributed by atoms with van der Waals surface area (Å²) in [5, 5.41) is 2.99. The number of amides is 2. The van der Waals surface area contributed by atoms with Crippen LogP contribution in [0.1, 0.15) is 36.5 Å². The zero-order valence-electron chi connectivity index (χ0n) is 14.0. The van der Waals surface area contributed by atoms with Crippen LogP contribution >= 0.6 is 11.8 Å². The van der Waals surface area contributed by atoms with Crippen molar-refractivity contribution >= 4 is 23.6 Å². The highest BCUT2D eigenvalue weighted by molar-refractivity contribution is 7.98. The molecule has 5 heteroatoms. The minimum Gasteiger partial charge on any atom is -0.350 e. The maximum absolute atomic E-state index is 12.6. The highest BCUT2D eigenvalue weighted by atomic mass is 32.2. The molecule has 1 N–H and O–H groups in total. The molecule has 0 aliphatic carbocycles. The summed E-state index contributed by atoms with van der Waals surface area (Å²) in [5.74, 6) is 1.03. The number of carbonyl (C=O) groups is 2. The smallest absolute Gasteiger partial charge is 0.251 e. The fraction of sp³-hybridized carbons (Fsp3) is 0.556. The van der Waals surface area contributed by atoms with E-state index >= 15 is 0 Å². The molecule has 1 aromatic rings. The molecule has 1 saturated heterocycles. The summed E-state index contributed by atoms with van der Waals surface area (Å²) in [6, 6.07) is 9.34. The molecule has 0 saturated carbocycles. The third-order valence-electron chi connectivity index (χ3n) is 4.28. The zero-order chi connectivity index (χ0) is 16.7. The molecule has 0 spiro atoms. The molecular weight excluding hydrogens is 308 g/mol. The van der Waals surface area contributed by atoms with E-state index in [2.05, 4.69) is 5.32 Å². The van der Waals surface area contributed by atoms with Gasteiger partial charge < -0.3 is 10.2 Å². The standard InChI is InChI=1S/C18H26N2O2S/c1-14(13-23-2)18(22)20-11-7-6-10-16(20)12-19-17(21)15-8-4-3-5-9-15/h3-5,8-9,14,16H,6-7,10-13H2,1-2H3,(H,19,21)/t14-,16+/m1/s1. The molecule has 0 radical (unpaired) electrons. The largest absolute Gasteiger partial charge is 0.350 e. The van der Waals surface area contributed by atoms with E-state index in [-0.39, 0.29) is 23.8 Å². The number of hydrogen-bond donors (Lipinski definition) is 1. The third kappa shape index (κ3) is 4.99. The minimum absolute atomic E-state index is 0.0374. The van der Waals surface area contributed by atoms with Gasteiger partial charge in [0.2, 0.25) is 5.91 Å². The Kier molecular flexibility index (Phi) is 6.96. The Hall–Kier alpha value is -1.49. The van der Waals surface area contributed by atoms with Crippen LogP contribution in [0.15, 0.2) is 30.3 Å². The van der Waals surface area contributed by atoms with Crippen molar-refractivity contribution in [3.05, 3.63) is 35.9 Å². The number of nitrogens with zero attached hydrogens (tertiary/aromatic N) is 1. The Morgan fingerprint density at radius 1 is 1.30 bits per heavy atom. The molecule has 1 heterocycles. The van der Waals surface area contributed by atoms with Crippen LogP contribution in [0, 0.1) is 5.92 Å². The van der Waals surface area contributed by atoms with Crippen molar-refractivity contribution in [2.24, 2.45) is 5.92 Å². The number of thioether (sulfide) groups is 1. The third-order valence-corrected chi connectivity index (χ3v) is 5.12. The van der Waals surface area contributed by atoms with Gasteiger partial charge in [-0.05, 0) is 37.7 Å². The van der Waals surface area contributed by atoms with Crippen LogP contribution in [0.2, 0.25) is 0 Å². The molecule has 1 aromatic carbocycles. The lowest BCUT2D eigenvalue weighted by Crippen LogP contribution is -2.51. The lowest BCUT2D eigenvalue weighted by atomic mass is 9.99. The molecule has 1 fully saturated rings. The fourth-order valence-electron chi connectivity index (χ4n) is 3.01. The van der Waals surface area contributed by atoms with Gasteiger partial charge in [-0.25, -0.2) is 0 Å². The first kappa shape index (κ1) is 17.9. The van der Waals surface area contributed by atoms with Crippen LogP contribution in [0.4, 0.5) is 0 Å². The first-order valence-corrected chi connectivity index (χ1v) is 9.65. The summed E-state index contributed by atoms with van der Waals surface area (Å²) < 4.78 is 0. The first-order chi connectivity index (χ1) is 11.1. The van der Waals surface area contributed by atoms with Crippen molar-refractivity contribution in [2.75, 3.05) is 25.1 Å². The van der Waals surface area contributed by atoms with Crippen molar-refractivity contribution in [3.63, 3.8) is 0 Å². The van der Waals surface area contributed by atoms with E-state index in [9.17, 15) is 9.59 Å². The molecule has 23 heavy (non-hydrogen) atoms. The van der Waals surface area contributed by atoms with Crippen LogP contribution in [-0.4, -0.2) is 47.9 Å². The van der Waals surface area contributed by atoms with Crippen LogP contribution in [-0.2, 0) is 4.79 Å². The molecule has 0 unspecified atom stereocenters. The molecular formula is C18H26N2O2S. The van der Waals surface area contributed by atoms with Crippen molar-refractivity contribution < 1.29 is 9.59 Å². The topological polar surface area (TPSA) is 49.4 Å². The summed E-state index contributed by atoms with van der Waals surface area (Å²) in [6.45, 7) is 3.34. The lowest BCUT2D eigenvalue weighted by molar-refractivity contribution is -0.137. The monoisotopic (exact) mass is 334 g/mol. The van der Waals surface area contributed by atoms with Gasteiger partial charge in [0.25, 0.3) is 5.91 Å². The van der Waals surface area contributed by atoms with Crippen molar-refractivity contribution in [1.82, 2.24) is 10.2 Å². The van der Waals surface area contributed by atoms with Crippen molar-refractivity contribution in [1.29, 1.82) is 0 Å². The summed E-state index contributed by atoms with van der Waals surface area (Å²) in [4.78, 5) is 26.8. The molecule has 2 rings (SSSR count). The second-order valence-electron chi connectivity index (χ2n) is 6.11. The van der Waals surface area contributed by atoms with E-state index in [1.807, 2.05) is 36.3 Å². The van der Waals surface area contributed by atoms with Crippen LogP contribution in [0.25, 0.3) is 0 Å². The van der Waals surface area contributed by atoms with E-state index in [0.29, 0.717) is 12.1 Å². The van der Waals surface area contributed by atoms with Crippen LogP contribution in [0.5, 0.6) is 0 Å². The number of rotatable bonds is 6. The SMILES string of the molecule is CSC[C@@H](C)C(=O)N1CCCC[C@H]1CNC(=O)c1ccccc1. The van der Waals surface area contributed by atoms with Gasteiger partial charge in [-0.3, -0.25) is 9.59 Å². The lowest BCUT2D eigenvalue weighted by Gasteiger charge is -2.37. The van der Waals surface area contributed by atoms with Gasteiger partial charge in [-0.1, -0.05) is 25.1 Å².